The quantitative estimate of drug-likeness (QED) is 0.581. The highest BCUT2D eigenvalue weighted by molar-refractivity contribution is 5.78. The molecule has 138 valence electrons. The minimum absolute atomic E-state index is 0.0861. The maximum atomic E-state index is 12.5. The van der Waals surface area contributed by atoms with Crippen molar-refractivity contribution in [3.8, 4) is 11.3 Å². The maximum absolute atomic E-state index is 12.5. The van der Waals surface area contributed by atoms with Gasteiger partial charge < -0.3 is 5.32 Å². The van der Waals surface area contributed by atoms with Crippen molar-refractivity contribution in [2.45, 2.75) is 13.1 Å². The van der Waals surface area contributed by atoms with Gasteiger partial charge in [0.05, 0.1) is 22.9 Å². The van der Waals surface area contributed by atoms with Gasteiger partial charge in [0.15, 0.2) is 0 Å². The molecule has 0 fully saturated rings. The molecule has 0 radical (unpaired) electrons. The minimum Gasteiger partial charge on any atom is -0.350 e. The number of hydrogen-bond acceptors (Lipinski definition) is 5. The average molecular weight is 371 g/mol. The van der Waals surface area contributed by atoms with Gasteiger partial charge in [0.2, 0.25) is 5.91 Å². The fraction of sp³-hybridized carbons (Fsp3) is 0.0952. The normalized spacial score (nSPS) is 10.7. The lowest BCUT2D eigenvalue weighted by molar-refractivity contribution is -0.121. The van der Waals surface area contributed by atoms with Crippen LogP contribution in [0.25, 0.3) is 22.2 Å². The van der Waals surface area contributed by atoms with Crippen molar-refractivity contribution in [1.29, 1.82) is 0 Å². The van der Waals surface area contributed by atoms with Crippen LogP contribution < -0.4 is 10.9 Å². The Morgan fingerprint density at radius 1 is 1.04 bits per heavy atom. The SMILES string of the molecule is O=C(Cn1cnc2ccccc2c1=O)NCc1ccnc(-c2cccnc2)c1. The minimum atomic E-state index is -0.265. The molecule has 0 aliphatic heterocycles. The highest BCUT2D eigenvalue weighted by Crippen LogP contribution is 2.16. The number of hydrogen-bond donors (Lipinski definition) is 1. The van der Waals surface area contributed by atoms with Crippen LogP contribution in [0, 0.1) is 0 Å². The van der Waals surface area contributed by atoms with E-state index in [0.29, 0.717) is 17.4 Å². The molecule has 4 rings (SSSR count). The van der Waals surface area contributed by atoms with E-state index >= 15 is 0 Å². The Labute approximate surface area is 160 Å². The van der Waals surface area contributed by atoms with Gasteiger partial charge in [0.25, 0.3) is 5.56 Å². The van der Waals surface area contributed by atoms with Gasteiger partial charge in [-0.25, -0.2) is 4.98 Å². The number of aromatic nitrogens is 4. The summed E-state index contributed by atoms with van der Waals surface area (Å²) in [5, 5.41) is 3.33. The van der Waals surface area contributed by atoms with E-state index in [1.54, 1.807) is 36.8 Å². The van der Waals surface area contributed by atoms with E-state index in [-0.39, 0.29) is 18.0 Å². The molecular weight excluding hydrogens is 354 g/mol. The second-order valence-corrected chi connectivity index (χ2v) is 6.26. The number of pyridine rings is 2. The summed E-state index contributed by atoms with van der Waals surface area (Å²) in [6, 6.07) is 14.6. The van der Waals surface area contributed by atoms with Crippen molar-refractivity contribution in [3.05, 3.63) is 89.4 Å². The molecule has 0 aliphatic carbocycles. The Morgan fingerprint density at radius 2 is 1.93 bits per heavy atom. The summed E-state index contributed by atoms with van der Waals surface area (Å²) in [7, 11) is 0. The number of rotatable bonds is 5. The van der Waals surface area contributed by atoms with E-state index < -0.39 is 0 Å². The molecule has 3 heterocycles. The van der Waals surface area contributed by atoms with E-state index in [9.17, 15) is 9.59 Å². The molecule has 1 aromatic carbocycles. The van der Waals surface area contributed by atoms with Crippen LogP contribution in [0.3, 0.4) is 0 Å². The zero-order valence-corrected chi connectivity index (χ0v) is 14.9. The summed E-state index contributed by atoms with van der Waals surface area (Å²) in [4.78, 5) is 37.4. The molecule has 0 unspecified atom stereocenters. The van der Waals surface area contributed by atoms with Gasteiger partial charge in [-0.15, -0.1) is 0 Å². The van der Waals surface area contributed by atoms with Crippen molar-refractivity contribution < 1.29 is 4.79 Å². The van der Waals surface area contributed by atoms with Crippen molar-refractivity contribution >= 4 is 16.8 Å². The van der Waals surface area contributed by atoms with Crippen LogP contribution in [0.2, 0.25) is 0 Å². The number of benzene rings is 1. The van der Waals surface area contributed by atoms with E-state index in [2.05, 4.69) is 20.3 Å². The van der Waals surface area contributed by atoms with E-state index in [4.69, 9.17) is 0 Å². The highest BCUT2D eigenvalue weighted by atomic mass is 16.2. The first-order valence-electron chi connectivity index (χ1n) is 8.77. The second-order valence-electron chi connectivity index (χ2n) is 6.26. The van der Waals surface area contributed by atoms with Gasteiger partial charge in [-0.05, 0) is 42.0 Å². The Hall–Kier alpha value is -3.87. The third kappa shape index (κ3) is 3.78. The zero-order valence-electron chi connectivity index (χ0n) is 14.9. The average Bonchev–Trinajstić information content (AvgIpc) is 2.75. The topological polar surface area (TPSA) is 89.8 Å². The van der Waals surface area contributed by atoms with Crippen LogP contribution in [0.5, 0.6) is 0 Å². The van der Waals surface area contributed by atoms with Crippen LogP contribution in [-0.4, -0.2) is 25.4 Å². The van der Waals surface area contributed by atoms with Crippen LogP contribution in [0.15, 0.2) is 78.2 Å². The fourth-order valence-corrected chi connectivity index (χ4v) is 2.89. The van der Waals surface area contributed by atoms with Crippen molar-refractivity contribution in [1.82, 2.24) is 24.8 Å². The molecule has 3 aromatic heterocycles. The largest absolute Gasteiger partial charge is 0.350 e. The van der Waals surface area contributed by atoms with Crippen LogP contribution in [0.1, 0.15) is 5.56 Å². The highest BCUT2D eigenvalue weighted by Gasteiger charge is 2.08. The molecule has 1 amide bonds. The lowest BCUT2D eigenvalue weighted by Gasteiger charge is -2.09. The molecular formula is C21H17N5O2. The Kier molecular flexibility index (Phi) is 4.88. The van der Waals surface area contributed by atoms with Gasteiger partial charge in [-0.2, -0.15) is 0 Å². The summed E-state index contributed by atoms with van der Waals surface area (Å²) in [5.41, 5.74) is 2.98. The third-order valence-electron chi connectivity index (χ3n) is 4.32. The molecule has 0 atom stereocenters. The van der Waals surface area contributed by atoms with Crippen LogP contribution in [-0.2, 0) is 17.9 Å². The summed E-state index contributed by atoms with van der Waals surface area (Å²) in [5.74, 6) is -0.265. The molecule has 7 heteroatoms. The second kappa shape index (κ2) is 7.79. The van der Waals surface area contributed by atoms with Gasteiger partial charge in [0, 0.05) is 30.7 Å². The molecule has 0 bridgehead atoms. The van der Waals surface area contributed by atoms with Crippen molar-refractivity contribution in [3.63, 3.8) is 0 Å². The smallest absolute Gasteiger partial charge is 0.261 e. The van der Waals surface area contributed by atoms with Gasteiger partial charge in [0.1, 0.15) is 6.54 Å². The third-order valence-corrected chi connectivity index (χ3v) is 4.32. The van der Waals surface area contributed by atoms with E-state index in [1.165, 1.54) is 10.9 Å². The van der Waals surface area contributed by atoms with E-state index in [0.717, 1.165) is 16.8 Å². The number of carbonyl (C=O) groups is 1. The zero-order chi connectivity index (χ0) is 19.3. The molecule has 0 aliphatic rings. The predicted molar refractivity (Wildman–Crippen MR) is 105 cm³/mol. The first-order chi connectivity index (χ1) is 13.7. The molecule has 0 saturated heterocycles. The molecule has 1 N–H and O–H groups in total. The van der Waals surface area contributed by atoms with Gasteiger partial charge in [-0.1, -0.05) is 12.1 Å². The molecule has 28 heavy (non-hydrogen) atoms. The van der Waals surface area contributed by atoms with Crippen LogP contribution >= 0.6 is 0 Å². The molecule has 0 saturated carbocycles. The lowest BCUT2D eigenvalue weighted by atomic mass is 10.1. The lowest BCUT2D eigenvalue weighted by Crippen LogP contribution is -2.32. The molecule has 0 spiro atoms. The number of carbonyl (C=O) groups excluding carboxylic acids is 1. The number of fused-ring (bicyclic) bond motifs is 1. The number of nitrogens with one attached hydrogen (secondary N) is 1. The fourth-order valence-electron chi connectivity index (χ4n) is 2.89. The van der Waals surface area contributed by atoms with Gasteiger partial charge >= 0.3 is 0 Å². The molecule has 4 aromatic rings. The summed E-state index contributed by atoms with van der Waals surface area (Å²) < 4.78 is 1.31. The Balaban J connectivity index is 1.44. The van der Waals surface area contributed by atoms with Crippen molar-refractivity contribution in [2.75, 3.05) is 0 Å². The summed E-state index contributed by atoms with van der Waals surface area (Å²) in [6.07, 6.45) is 6.54. The summed E-state index contributed by atoms with van der Waals surface area (Å²) >= 11 is 0. The van der Waals surface area contributed by atoms with E-state index in [1.807, 2.05) is 30.3 Å². The Morgan fingerprint density at radius 3 is 2.79 bits per heavy atom. The first kappa shape index (κ1) is 17.5. The number of amides is 1. The van der Waals surface area contributed by atoms with Crippen LogP contribution in [0.4, 0.5) is 0 Å². The molecule has 7 nitrogen and oxygen atoms in total. The maximum Gasteiger partial charge on any atom is 0.261 e. The number of nitrogens with zero attached hydrogens (tertiary/aromatic N) is 4. The predicted octanol–water partition coefficient (Wildman–Crippen LogP) is 2.17. The number of para-hydroxylation sites is 1. The first-order valence-corrected chi connectivity index (χ1v) is 8.77. The van der Waals surface area contributed by atoms with Gasteiger partial charge in [-0.3, -0.25) is 24.1 Å². The Bertz CT molecular complexity index is 1190. The van der Waals surface area contributed by atoms with Crippen molar-refractivity contribution in [2.24, 2.45) is 0 Å². The summed E-state index contributed by atoms with van der Waals surface area (Å²) in [6.45, 7) is 0.252. The standard InChI is InChI=1S/C21H17N5O2/c27-20(13-26-14-25-18-6-2-1-5-17(18)21(26)28)24-11-15-7-9-23-19(10-15)16-4-3-8-22-12-16/h1-10,12,14H,11,13H2,(H,24,27). The monoisotopic (exact) mass is 371 g/mol.